The summed E-state index contributed by atoms with van der Waals surface area (Å²) in [4.78, 5) is 27.1. The van der Waals surface area contributed by atoms with Crippen molar-refractivity contribution in [3.8, 4) is 0 Å². The molecular weight excluding hydrogens is 881 g/mol. The summed E-state index contributed by atoms with van der Waals surface area (Å²) in [5.74, 6) is -2.34. The molecular formula is C68H36O4. The SMILES string of the molecule is O=C(O)c1c2cc3cc4cc5cc6cc7ccccc7cc6cc5cc4cc3cc2cc2cc3cc4cc5cc6cc7cc8cc9cc%10ccccc%10cc9cc8cc7cc6cc5cc4cc3c(C(=O)O)c12. The van der Waals surface area contributed by atoms with E-state index in [1.807, 2.05) is 36.4 Å². The molecule has 0 atom stereocenters. The average Bonchev–Trinajstić information content (AvgIpc) is 3.36. The highest BCUT2D eigenvalue weighted by Gasteiger charge is 2.24. The molecule has 4 heteroatoms. The number of carboxylic acid groups (broad SMARTS) is 2. The first-order chi connectivity index (χ1) is 35.2. The lowest BCUT2D eigenvalue weighted by Crippen LogP contribution is -2.06. The maximum atomic E-state index is 13.6. The Kier molecular flexibility index (Phi) is 7.63. The summed E-state index contributed by atoms with van der Waals surface area (Å²) < 4.78 is 0. The fourth-order valence-electron chi connectivity index (χ4n) is 12.4. The highest BCUT2D eigenvalue weighted by atomic mass is 16.4. The Morgan fingerprint density at radius 2 is 0.375 bits per heavy atom. The number of hydrogen-bond donors (Lipinski definition) is 2. The van der Waals surface area contributed by atoms with Crippen LogP contribution in [0.2, 0.25) is 0 Å². The lowest BCUT2D eigenvalue weighted by atomic mass is 9.87. The number of hydrogen-bond acceptors (Lipinski definition) is 2. The Bertz CT molecular complexity index is 5280. The minimum absolute atomic E-state index is 0.00669. The smallest absolute Gasteiger partial charge is 0.336 e. The van der Waals surface area contributed by atoms with Gasteiger partial charge in [0.05, 0.1) is 11.1 Å². The van der Waals surface area contributed by atoms with E-state index >= 15 is 0 Å². The molecule has 0 amide bonds. The van der Waals surface area contributed by atoms with Gasteiger partial charge >= 0.3 is 11.9 Å². The zero-order chi connectivity index (χ0) is 47.7. The fraction of sp³-hybridized carbons (Fsp3) is 0. The molecule has 0 fully saturated rings. The molecule has 0 aromatic heterocycles. The van der Waals surface area contributed by atoms with Crippen molar-refractivity contribution in [1.82, 2.24) is 0 Å². The molecule has 0 saturated carbocycles. The van der Waals surface area contributed by atoms with Crippen molar-refractivity contribution >= 4 is 174 Å². The van der Waals surface area contributed by atoms with Gasteiger partial charge in [0.2, 0.25) is 0 Å². The Hall–Kier alpha value is -9.64. The van der Waals surface area contributed by atoms with E-state index in [0.717, 1.165) is 75.4 Å². The van der Waals surface area contributed by atoms with Crippen molar-refractivity contribution < 1.29 is 19.8 Å². The van der Waals surface area contributed by atoms with E-state index in [0.29, 0.717) is 16.2 Å². The lowest BCUT2D eigenvalue weighted by Gasteiger charge is -2.16. The van der Waals surface area contributed by atoms with E-state index in [1.54, 1.807) is 0 Å². The van der Waals surface area contributed by atoms with Crippen LogP contribution < -0.4 is 0 Å². The van der Waals surface area contributed by atoms with Crippen LogP contribution in [0.15, 0.2) is 206 Å². The van der Waals surface area contributed by atoms with Gasteiger partial charge in [0, 0.05) is 5.39 Å². The molecule has 0 spiro atoms. The third-order valence-corrected chi connectivity index (χ3v) is 15.8. The summed E-state index contributed by atoms with van der Waals surface area (Å²) in [7, 11) is 0. The average molecular weight is 917 g/mol. The number of rotatable bonds is 2. The van der Waals surface area contributed by atoms with E-state index in [1.165, 1.54) is 64.6 Å². The van der Waals surface area contributed by atoms with Crippen LogP contribution in [0.5, 0.6) is 0 Å². The van der Waals surface area contributed by atoms with E-state index in [-0.39, 0.29) is 16.5 Å². The molecule has 0 heterocycles. The maximum absolute atomic E-state index is 13.6. The van der Waals surface area contributed by atoms with Crippen LogP contribution in [-0.4, -0.2) is 22.2 Å². The summed E-state index contributed by atoms with van der Waals surface area (Å²) >= 11 is 0. The number of carboxylic acids is 2. The summed E-state index contributed by atoms with van der Waals surface area (Å²) in [6, 6.07) is 73.6. The fourth-order valence-corrected chi connectivity index (χ4v) is 12.4. The van der Waals surface area contributed by atoms with Gasteiger partial charge in [-0.05, 0) is 314 Å². The lowest BCUT2D eigenvalue weighted by molar-refractivity contribution is 0.0697. The van der Waals surface area contributed by atoms with Gasteiger partial charge in [-0.15, -0.1) is 0 Å². The molecule has 2 N–H and O–H groups in total. The predicted molar refractivity (Wildman–Crippen MR) is 303 cm³/mol. The highest BCUT2D eigenvalue weighted by molar-refractivity contribution is 6.28. The quantitative estimate of drug-likeness (QED) is 0.169. The number of fused-ring (bicyclic) bond motifs is 15. The van der Waals surface area contributed by atoms with Crippen molar-refractivity contribution in [3.05, 3.63) is 217 Å². The Morgan fingerprint density at radius 1 is 0.208 bits per heavy atom. The van der Waals surface area contributed by atoms with Gasteiger partial charge < -0.3 is 10.2 Å². The molecule has 332 valence electrons. The molecule has 0 bridgehead atoms. The van der Waals surface area contributed by atoms with E-state index in [4.69, 9.17) is 0 Å². The standard InChI is InChI=1S/C68H36O4/c69-67(70)65-62-33-57-27-53-23-46-16-42-12-38-8-4-3-7-37(38)11-41(42)15-45(46)19-51(53)25-55(57)29-59(62)31-61-32-60-30-56-26-52-22-49-20-47-17-43-13-39-9-35-5-1-2-6-36(35)10-40(39)14-44(43)18-48(47)21-50(49)24-54(52)28-58(56)34-63(60)66(64(61)65)68(71)72/h1-34H,(H,69,70)(H,71,72). The van der Waals surface area contributed by atoms with Gasteiger partial charge in [-0.1, -0.05) is 48.5 Å². The predicted octanol–water partition coefficient (Wildman–Crippen LogP) is 18.4. The molecule has 16 aromatic carbocycles. The minimum Gasteiger partial charge on any atom is -0.478 e. The van der Waals surface area contributed by atoms with Crippen molar-refractivity contribution in [2.45, 2.75) is 0 Å². The van der Waals surface area contributed by atoms with Crippen molar-refractivity contribution in [2.24, 2.45) is 0 Å². The van der Waals surface area contributed by atoms with E-state index in [2.05, 4.69) is 170 Å². The molecule has 0 aliphatic heterocycles. The summed E-state index contributed by atoms with van der Waals surface area (Å²) in [6.07, 6.45) is 0. The first-order valence-corrected chi connectivity index (χ1v) is 24.3. The molecule has 16 aromatic rings. The molecule has 0 aliphatic carbocycles. The number of carbonyl (C=O) groups is 2. The van der Waals surface area contributed by atoms with Crippen LogP contribution >= 0.6 is 0 Å². The molecule has 0 radical (unpaired) electrons. The molecule has 0 unspecified atom stereocenters. The Balaban J connectivity index is 0.860. The Morgan fingerprint density at radius 3 is 0.583 bits per heavy atom. The Labute approximate surface area is 408 Å². The monoisotopic (exact) mass is 916 g/mol. The second-order valence-electron chi connectivity index (χ2n) is 20.0. The first kappa shape index (κ1) is 39.2. The third kappa shape index (κ3) is 5.75. The van der Waals surface area contributed by atoms with Crippen molar-refractivity contribution in [1.29, 1.82) is 0 Å². The topological polar surface area (TPSA) is 74.6 Å². The normalized spacial score (nSPS) is 12.4. The number of benzene rings is 16. The second kappa shape index (κ2) is 14.0. The van der Waals surface area contributed by atoms with Gasteiger partial charge in [0.1, 0.15) is 0 Å². The molecule has 0 aliphatic rings. The van der Waals surface area contributed by atoms with Crippen LogP contribution in [-0.2, 0) is 0 Å². The summed E-state index contributed by atoms with van der Waals surface area (Å²) in [6.45, 7) is 0. The third-order valence-electron chi connectivity index (χ3n) is 15.8. The van der Waals surface area contributed by atoms with Gasteiger partial charge in [-0.25, -0.2) is 9.59 Å². The minimum atomic E-state index is -1.17. The second-order valence-corrected chi connectivity index (χ2v) is 20.0. The van der Waals surface area contributed by atoms with Crippen LogP contribution in [0.4, 0.5) is 0 Å². The van der Waals surface area contributed by atoms with Gasteiger partial charge in [0.25, 0.3) is 0 Å². The molecule has 16 rings (SSSR count). The molecule has 72 heavy (non-hydrogen) atoms. The zero-order valence-electron chi connectivity index (χ0n) is 38.3. The van der Waals surface area contributed by atoms with Gasteiger partial charge in [-0.3, -0.25) is 0 Å². The maximum Gasteiger partial charge on any atom is 0.336 e. The van der Waals surface area contributed by atoms with Crippen LogP contribution in [0.3, 0.4) is 0 Å². The van der Waals surface area contributed by atoms with Crippen molar-refractivity contribution in [2.75, 3.05) is 0 Å². The van der Waals surface area contributed by atoms with Crippen LogP contribution in [0.25, 0.3) is 162 Å². The summed E-state index contributed by atoms with van der Waals surface area (Å²) in [5.41, 5.74) is -0.0141. The van der Waals surface area contributed by atoms with E-state index < -0.39 is 11.9 Å². The number of aromatic carboxylic acids is 2. The van der Waals surface area contributed by atoms with Gasteiger partial charge in [0.15, 0.2) is 0 Å². The molecule has 4 nitrogen and oxygen atoms in total. The van der Waals surface area contributed by atoms with Crippen LogP contribution in [0.1, 0.15) is 20.7 Å². The van der Waals surface area contributed by atoms with Gasteiger partial charge in [-0.2, -0.15) is 0 Å². The zero-order valence-corrected chi connectivity index (χ0v) is 38.3. The largest absolute Gasteiger partial charge is 0.478 e. The first-order valence-electron chi connectivity index (χ1n) is 24.3. The highest BCUT2D eigenvalue weighted by Crippen LogP contribution is 2.42. The molecule has 0 saturated heterocycles. The van der Waals surface area contributed by atoms with E-state index in [9.17, 15) is 19.8 Å². The summed E-state index contributed by atoms with van der Waals surface area (Å²) in [5, 5.41) is 52.4. The van der Waals surface area contributed by atoms with Crippen LogP contribution in [0, 0.1) is 0 Å². The van der Waals surface area contributed by atoms with Crippen molar-refractivity contribution in [3.63, 3.8) is 0 Å².